The molecule has 0 saturated carbocycles. The van der Waals surface area contributed by atoms with Crippen LogP contribution in [0.2, 0.25) is 0 Å². The Bertz CT molecular complexity index is 1050. The number of nitrogens with zero attached hydrogens (tertiary/aromatic N) is 3. The van der Waals surface area contributed by atoms with Crippen LogP contribution >= 0.6 is 0 Å². The first kappa shape index (κ1) is 16.0. The molecule has 0 spiro atoms. The van der Waals surface area contributed by atoms with E-state index in [0.29, 0.717) is 23.8 Å². The Kier molecular flexibility index (Phi) is 4.38. The molecule has 2 heterocycles. The summed E-state index contributed by atoms with van der Waals surface area (Å²) in [6.45, 7) is 0.293. The van der Waals surface area contributed by atoms with Crippen molar-refractivity contribution in [2.75, 3.05) is 5.32 Å². The van der Waals surface area contributed by atoms with Crippen LogP contribution in [0.4, 0.5) is 15.9 Å². The van der Waals surface area contributed by atoms with Crippen LogP contribution in [0.25, 0.3) is 11.0 Å². The lowest BCUT2D eigenvalue weighted by molar-refractivity contribution is 0.306. The standard InChI is InChI=1S/C20H15FN4O/c21-15-5-1-4-14(10-15)12-26-17-7-2-6-16(11-17)25-20-18-8-3-9-22-19(18)23-13-24-20/h1-11,13H,12H2,(H,22,23,24,25). The fourth-order valence-corrected chi connectivity index (χ4v) is 2.59. The van der Waals surface area contributed by atoms with E-state index in [4.69, 9.17) is 4.74 Å². The molecule has 0 aliphatic heterocycles. The van der Waals surface area contributed by atoms with E-state index in [1.807, 2.05) is 42.5 Å². The number of hydrogen-bond acceptors (Lipinski definition) is 5. The minimum atomic E-state index is -0.272. The molecule has 5 nitrogen and oxygen atoms in total. The van der Waals surface area contributed by atoms with E-state index in [1.165, 1.54) is 18.5 Å². The minimum absolute atomic E-state index is 0.272. The normalized spacial score (nSPS) is 10.7. The molecule has 0 aliphatic carbocycles. The van der Waals surface area contributed by atoms with E-state index in [2.05, 4.69) is 20.3 Å². The first-order valence-electron chi connectivity index (χ1n) is 8.08. The monoisotopic (exact) mass is 346 g/mol. The Morgan fingerprint density at radius 3 is 2.77 bits per heavy atom. The van der Waals surface area contributed by atoms with E-state index in [9.17, 15) is 4.39 Å². The highest BCUT2D eigenvalue weighted by Crippen LogP contribution is 2.24. The Morgan fingerprint density at radius 2 is 1.85 bits per heavy atom. The maximum absolute atomic E-state index is 13.2. The molecule has 0 fully saturated rings. The van der Waals surface area contributed by atoms with Gasteiger partial charge in [-0.25, -0.2) is 19.3 Å². The summed E-state index contributed by atoms with van der Waals surface area (Å²) < 4.78 is 19.0. The van der Waals surface area contributed by atoms with Crippen molar-refractivity contribution in [3.63, 3.8) is 0 Å². The Morgan fingerprint density at radius 1 is 0.923 bits per heavy atom. The van der Waals surface area contributed by atoms with E-state index in [-0.39, 0.29) is 5.82 Å². The van der Waals surface area contributed by atoms with Crippen LogP contribution in [0.3, 0.4) is 0 Å². The van der Waals surface area contributed by atoms with Gasteiger partial charge in [0.05, 0.1) is 5.39 Å². The number of halogens is 1. The highest BCUT2D eigenvalue weighted by molar-refractivity contribution is 5.88. The number of rotatable bonds is 5. The first-order valence-corrected chi connectivity index (χ1v) is 8.08. The summed E-state index contributed by atoms with van der Waals surface area (Å²) >= 11 is 0. The van der Waals surface area contributed by atoms with Crippen LogP contribution in [0.15, 0.2) is 73.2 Å². The van der Waals surface area contributed by atoms with E-state index in [0.717, 1.165) is 16.6 Å². The summed E-state index contributed by atoms with van der Waals surface area (Å²) in [7, 11) is 0. The van der Waals surface area contributed by atoms with Crippen molar-refractivity contribution >= 4 is 22.5 Å². The Labute approximate surface area is 149 Å². The molecule has 0 radical (unpaired) electrons. The van der Waals surface area contributed by atoms with Gasteiger partial charge in [-0.05, 0) is 42.0 Å². The SMILES string of the molecule is Fc1cccc(COc2cccc(Nc3ncnc4ncccc34)c2)c1. The zero-order valence-electron chi connectivity index (χ0n) is 13.8. The minimum Gasteiger partial charge on any atom is -0.489 e. The second-order valence-corrected chi connectivity index (χ2v) is 5.67. The zero-order valence-corrected chi connectivity index (χ0v) is 13.8. The van der Waals surface area contributed by atoms with Gasteiger partial charge in [0.15, 0.2) is 5.65 Å². The van der Waals surface area contributed by atoms with Gasteiger partial charge in [0.25, 0.3) is 0 Å². The molecule has 0 bridgehead atoms. The fourth-order valence-electron chi connectivity index (χ4n) is 2.59. The lowest BCUT2D eigenvalue weighted by Gasteiger charge is -2.10. The Hall–Kier alpha value is -3.54. The summed E-state index contributed by atoms with van der Waals surface area (Å²) in [4.78, 5) is 12.7. The van der Waals surface area contributed by atoms with Crippen LogP contribution < -0.4 is 10.1 Å². The number of aromatic nitrogens is 3. The Balaban J connectivity index is 1.52. The largest absolute Gasteiger partial charge is 0.489 e. The summed E-state index contributed by atoms with van der Waals surface area (Å²) in [6, 6.07) is 17.6. The van der Waals surface area contributed by atoms with Crippen molar-refractivity contribution in [2.24, 2.45) is 0 Å². The van der Waals surface area contributed by atoms with E-state index < -0.39 is 0 Å². The molecule has 26 heavy (non-hydrogen) atoms. The quantitative estimate of drug-likeness (QED) is 0.577. The molecule has 4 aromatic rings. The summed E-state index contributed by atoms with van der Waals surface area (Å²) in [5.74, 6) is 1.08. The summed E-state index contributed by atoms with van der Waals surface area (Å²) in [5.41, 5.74) is 2.23. The van der Waals surface area contributed by atoms with Gasteiger partial charge in [-0.15, -0.1) is 0 Å². The van der Waals surface area contributed by atoms with Gasteiger partial charge in [-0.3, -0.25) is 0 Å². The number of hydrogen-bond donors (Lipinski definition) is 1. The van der Waals surface area contributed by atoms with Gasteiger partial charge >= 0.3 is 0 Å². The number of anilines is 2. The maximum atomic E-state index is 13.2. The van der Waals surface area contributed by atoms with Crippen LogP contribution in [0.5, 0.6) is 5.75 Å². The number of pyridine rings is 1. The maximum Gasteiger partial charge on any atom is 0.164 e. The number of fused-ring (bicyclic) bond motifs is 1. The first-order chi connectivity index (χ1) is 12.8. The zero-order chi connectivity index (χ0) is 17.8. The van der Waals surface area contributed by atoms with Gasteiger partial charge in [0.1, 0.15) is 30.3 Å². The van der Waals surface area contributed by atoms with E-state index in [1.54, 1.807) is 12.3 Å². The van der Waals surface area contributed by atoms with Crippen molar-refractivity contribution in [3.8, 4) is 5.75 Å². The highest BCUT2D eigenvalue weighted by Gasteiger charge is 2.05. The average molecular weight is 346 g/mol. The molecule has 0 unspecified atom stereocenters. The second-order valence-electron chi connectivity index (χ2n) is 5.67. The average Bonchev–Trinajstić information content (AvgIpc) is 2.67. The third kappa shape index (κ3) is 3.59. The number of benzene rings is 2. The number of ether oxygens (including phenoxy) is 1. The molecule has 2 aromatic carbocycles. The molecular weight excluding hydrogens is 331 g/mol. The predicted molar refractivity (Wildman–Crippen MR) is 97.8 cm³/mol. The van der Waals surface area contributed by atoms with Gasteiger partial charge in [-0.2, -0.15) is 0 Å². The molecule has 2 aromatic heterocycles. The van der Waals surface area contributed by atoms with Crippen molar-refractivity contribution < 1.29 is 9.13 Å². The van der Waals surface area contributed by atoms with Crippen molar-refractivity contribution in [1.29, 1.82) is 0 Å². The molecule has 6 heteroatoms. The van der Waals surface area contributed by atoms with Crippen molar-refractivity contribution in [2.45, 2.75) is 6.61 Å². The van der Waals surface area contributed by atoms with E-state index >= 15 is 0 Å². The molecule has 0 saturated heterocycles. The number of nitrogens with one attached hydrogen (secondary N) is 1. The topological polar surface area (TPSA) is 59.9 Å². The molecule has 128 valence electrons. The highest BCUT2D eigenvalue weighted by atomic mass is 19.1. The van der Waals surface area contributed by atoms with Crippen LogP contribution in [-0.2, 0) is 6.61 Å². The third-order valence-corrected chi connectivity index (χ3v) is 3.80. The summed E-state index contributed by atoms with van der Waals surface area (Å²) in [6.07, 6.45) is 3.17. The van der Waals surface area contributed by atoms with Gasteiger partial charge in [-0.1, -0.05) is 18.2 Å². The van der Waals surface area contributed by atoms with Crippen molar-refractivity contribution in [3.05, 3.63) is 84.6 Å². The van der Waals surface area contributed by atoms with Gasteiger partial charge in [0.2, 0.25) is 0 Å². The smallest absolute Gasteiger partial charge is 0.164 e. The second kappa shape index (κ2) is 7.14. The lowest BCUT2D eigenvalue weighted by Crippen LogP contribution is -1.99. The van der Waals surface area contributed by atoms with Gasteiger partial charge in [0, 0.05) is 18.0 Å². The van der Waals surface area contributed by atoms with Gasteiger partial charge < -0.3 is 10.1 Å². The van der Waals surface area contributed by atoms with Crippen LogP contribution in [-0.4, -0.2) is 15.0 Å². The molecule has 4 rings (SSSR count). The molecule has 0 aliphatic rings. The van der Waals surface area contributed by atoms with Crippen LogP contribution in [0.1, 0.15) is 5.56 Å². The molecule has 0 amide bonds. The molecule has 1 N–H and O–H groups in total. The summed E-state index contributed by atoms with van der Waals surface area (Å²) in [5, 5.41) is 4.10. The fraction of sp³-hybridized carbons (Fsp3) is 0.0500. The molecular formula is C20H15FN4O. The van der Waals surface area contributed by atoms with Crippen molar-refractivity contribution in [1.82, 2.24) is 15.0 Å². The predicted octanol–water partition coefficient (Wildman–Crippen LogP) is 4.49. The third-order valence-electron chi connectivity index (χ3n) is 3.80. The van der Waals surface area contributed by atoms with Crippen LogP contribution in [0, 0.1) is 5.82 Å². The lowest BCUT2D eigenvalue weighted by atomic mass is 10.2. The molecule has 0 atom stereocenters.